The van der Waals surface area contributed by atoms with Crippen molar-refractivity contribution in [2.75, 3.05) is 6.61 Å². The van der Waals surface area contributed by atoms with E-state index >= 15 is 0 Å². The van der Waals surface area contributed by atoms with Crippen LogP contribution in [0.1, 0.15) is 22.3 Å². The molecule has 1 heterocycles. The van der Waals surface area contributed by atoms with Crippen molar-refractivity contribution in [2.45, 2.75) is 49.3 Å². The molecule has 0 radical (unpaired) electrons. The second-order valence-corrected chi connectivity index (χ2v) is 7.79. The molecule has 0 aromatic heterocycles. The van der Waals surface area contributed by atoms with E-state index in [9.17, 15) is 35.1 Å². The molecule has 178 valence electrons. The molecule has 1 fully saturated rings. The third kappa shape index (κ3) is 5.74. The predicted molar refractivity (Wildman–Crippen MR) is 114 cm³/mol. The third-order valence-corrected chi connectivity index (χ3v) is 5.47. The second kappa shape index (κ2) is 10.8. The summed E-state index contributed by atoms with van der Waals surface area (Å²) < 4.78 is 11.2. The van der Waals surface area contributed by atoms with Gasteiger partial charge in [0.1, 0.15) is 18.3 Å². The molecule has 0 aliphatic carbocycles. The summed E-state index contributed by atoms with van der Waals surface area (Å²) in [7, 11) is 0. The van der Waals surface area contributed by atoms with E-state index in [1.54, 1.807) is 48.5 Å². The Bertz CT molecular complexity index is 926. The molecule has 1 aliphatic rings. The Balaban J connectivity index is 1.87. The molecule has 6 N–H and O–H groups in total. The van der Waals surface area contributed by atoms with E-state index in [4.69, 9.17) is 9.47 Å². The number of nitrogens with one attached hydrogen (secondary N) is 1. The van der Waals surface area contributed by atoms with Crippen molar-refractivity contribution >= 4 is 11.9 Å². The average molecular weight is 461 g/mol. The highest BCUT2D eigenvalue weighted by Gasteiger charge is 2.55. The van der Waals surface area contributed by atoms with Crippen molar-refractivity contribution in [1.82, 2.24) is 5.32 Å². The van der Waals surface area contributed by atoms with Crippen LogP contribution in [-0.4, -0.2) is 80.3 Å². The van der Waals surface area contributed by atoms with Crippen LogP contribution < -0.4 is 5.32 Å². The lowest BCUT2D eigenvalue weighted by Crippen LogP contribution is -2.68. The number of hydrogen-bond donors (Lipinski definition) is 6. The summed E-state index contributed by atoms with van der Waals surface area (Å²) >= 11 is 0. The van der Waals surface area contributed by atoms with Crippen molar-refractivity contribution in [3.63, 3.8) is 0 Å². The van der Waals surface area contributed by atoms with Gasteiger partial charge in [0.2, 0.25) is 0 Å². The number of hydrogen-bond acceptors (Lipinski definition) is 8. The number of aliphatic hydroxyl groups is 4. The van der Waals surface area contributed by atoms with Crippen LogP contribution in [-0.2, 0) is 20.9 Å². The fraction of sp³-hybridized carbons (Fsp3) is 0.391. The molecule has 2 aromatic carbocycles. The Kier molecular flexibility index (Phi) is 8.14. The third-order valence-electron chi connectivity index (χ3n) is 5.47. The average Bonchev–Trinajstić information content (AvgIpc) is 2.84. The van der Waals surface area contributed by atoms with Crippen molar-refractivity contribution < 1.29 is 44.6 Å². The number of aliphatic hydroxyl groups excluding tert-OH is 4. The zero-order valence-electron chi connectivity index (χ0n) is 17.7. The van der Waals surface area contributed by atoms with Crippen LogP contribution in [0.25, 0.3) is 0 Å². The Morgan fingerprint density at radius 2 is 1.70 bits per heavy atom. The molecule has 1 amide bonds. The highest BCUT2D eigenvalue weighted by atomic mass is 16.7. The molecule has 3 rings (SSSR count). The number of carbonyl (C=O) groups excluding carboxylic acids is 1. The summed E-state index contributed by atoms with van der Waals surface area (Å²) in [5.74, 6) is -4.53. The smallest absolute Gasteiger partial charge is 0.364 e. The number of ether oxygens (including phenoxy) is 2. The van der Waals surface area contributed by atoms with E-state index < -0.39 is 61.1 Å². The second-order valence-electron chi connectivity index (χ2n) is 7.79. The Morgan fingerprint density at radius 3 is 2.27 bits per heavy atom. The molecule has 6 atom stereocenters. The molecule has 1 aliphatic heterocycles. The van der Waals surface area contributed by atoms with E-state index in [0.29, 0.717) is 5.56 Å². The number of rotatable bonds is 9. The van der Waals surface area contributed by atoms with E-state index in [1.807, 2.05) is 0 Å². The lowest BCUT2D eigenvalue weighted by Gasteiger charge is -2.46. The zero-order chi connectivity index (χ0) is 24.0. The molecule has 33 heavy (non-hydrogen) atoms. The first-order chi connectivity index (χ1) is 15.8. The summed E-state index contributed by atoms with van der Waals surface area (Å²) in [5.41, 5.74) is 0.902. The molecule has 0 unspecified atom stereocenters. The van der Waals surface area contributed by atoms with Gasteiger partial charge in [0, 0.05) is 12.0 Å². The molecule has 10 nitrogen and oxygen atoms in total. The van der Waals surface area contributed by atoms with Gasteiger partial charge in [-0.2, -0.15) is 0 Å². The van der Waals surface area contributed by atoms with Crippen LogP contribution in [0, 0.1) is 0 Å². The van der Waals surface area contributed by atoms with Gasteiger partial charge in [0.25, 0.3) is 11.7 Å². The number of carbonyl (C=O) groups is 2. The van der Waals surface area contributed by atoms with E-state index in [2.05, 4.69) is 5.32 Å². The van der Waals surface area contributed by atoms with Crippen molar-refractivity contribution in [3.8, 4) is 0 Å². The van der Waals surface area contributed by atoms with Gasteiger partial charge in [-0.3, -0.25) is 4.79 Å². The van der Waals surface area contributed by atoms with E-state index in [0.717, 1.165) is 0 Å². The maximum absolute atomic E-state index is 12.7. The van der Waals surface area contributed by atoms with Gasteiger partial charge in [-0.15, -0.1) is 0 Å². The minimum atomic E-state index is -2.37. The number of aliphatic carboxylic acids is 1. The fourth-order valence-electron chi connectivity index (χ4n) is 3.64. The number of amides is 1. The maximum atomic E-state index is 12.7. The monoisotopic (exact) mass is 461 g/mol. The first-order valence-corrected chi connectivity index (χ1v) is 10.4. The SMILES string of the molecule is O=C(N[C@H]1[C@H]([C@H](O)[C@H](O)CO)O[C@](OCc2ccccc2)(C(=O)O)C[C@@H]1O)c1ccccc1. The quantitative estimate of drug-likeness (QED) is 0.293. The van der Waals surface area contributed by atoms with Gasteiger partial charge in [-0.1, -0.05) is 48.5 Å². The summed E-state index contributed by atoms with van der Waals surface area (Å²) in [6.07, 6.45) is -7.27. The van der Waals surface area contributed by atoms with Crippen LogP contribution >= 0.6 is 0 Å². The minimum Gasteiger partial charge on any atom is -0.477 e. The van der Waals surface area contributed by atoms with Crippen molar-refractivity contribution in [2.24, 2.45) is 0 Å². The minimum absolute atomic E-state index is 0.174. The van der Waals surface area contributed by atoms with Gasteiger partial charge in [-0.05, 0) is 17.7 Å². The van der Waals surface area contributed by atoms with Crippen LogP contribution in [0.5, 0.6) is 0 Å². The first kappa shape index (κ1) is 24.8. The molecular weight excluding hydrogens is 434 g/mol. The molecule has 1 saturated heterocycles. The topological polar surface area (TPSA) is 166 Å². The van der Waals surface area contributed by atoms with Gasteiger partial charge in [0.05, 0.1) is 25.4 Å². The number of carboxylic acids is 1. The molecule has 0 spiro atoms. The van der Waals surface area contributed by atoms with Gasteiger partial charge in [-0.25, -0.2) is 4.79 Å². The standard InChI is InChI=1S/C23H27NO9/c25-12-17(27)19(28)20-18(24-21(29)15-9-5-2-6-10-15)16(26)11-23(33-20,22(30)31)32-13-14-7-3-1-4-8-14/h1-10,16-20,25-28H,11-13H2,(H,24,29)(H,30,31)/t16-,17+,18+,19+,20+,23-/m0/s1. The van der Waals surface area contributed by atoms with Crippen LogP contribution in [0.4, 0.5) is 0 Å². The Labute approximate surface area is 190 Å². The van der Waals surface area contributed by atoms with Crippen LogP contribution in [0.3, 0.4) is 0 Å². The van der Waals surface area contributed by atoms with Crippen LogP contribution in [0.15, 0.2) is 60.7 Å². The lowest BCUT2D eigenvalue weighted by molar-refractivity contribution is -0.314. The largest absolute Gasteiger partial charge is 0.477 e. The highest BCUT2D eigenvalue weighted by Crippen LogP contribution is 2.34. The Morgan fingerprint density at radius 1 is 1.09 bits per heavy atom. The number of carboxylic acid groups (broad SMARTS) is 1. The molecule has 10 heteroatoms. The number of benzene rings is 2. The molecule has 0 bridgehead atoms. The zero-order valence-corrected chi connectivity index (χ0v) is 17.7. The van der Waals surface area contributed by atoms with Crippen molar-refractivity contribution in [3.05, 3.63) is 71.8 Å². The summed E-state index contributed by atoms with van der Waals surface area (Å²) in [6.45, 7) is -1.03. The van der Waals surface area contributed by atoms with Crippen molar-refractivity contribution in [1.29, 1.82) is 0 Å². The summed E-state index contributed by atoms with van der Waals surface area (Å²) in [4.78, 5) is 24.8. The maximum Gasteiger partial charge on any atom is 0.364 e. The molecule has 0 saturated carbocycles. The fourth-order valence-corrected chi connectivity index (χ4v) is 3.64. The normalized spacial score (nSPS) is 26.8. The van der Waals surface area contributed by atoms with E-state index in [-0.39, 0.29) is 12.2 Å². The van der Waals surface area contributed by atoms with Crippen LogP contribution in [0.2, 0.25) is 0 Å². The lowest BCUT2D eigenvalue weighted by atomic mass is 9.88. The van der Waals surface area contributed by atoms with Gasteiger partial charge >= 0.3 is 5.97 Å². The Hall–Kier alpha value is -2.86. The van der Waals surface area contributed by atoms with E-state index in [1.165, 1.54) is 12.1 Å². The summed E-state index contributed by atoms with van der Waals surface area (Å²) in [5, 5.41) is 53.1. The highest BCUT2D eigenvalue weighted by molar-refractivity contribution is 5.94. The molecular formula is C23H27NO9. The van der Waals surface area contributed by atoms with Gasteiger partial charge < -0.3 is 40.3 Å². The summed E-state index contributed by atoms with van der Waals surface area (Å²) in [6, 6.07) is 15.4. The molecule has 2 aromatic rings. The van der Waals surface area contributed by atoms with Gasteiger partial charge in [0.15, 0.2) is 0 Å². The first-order valence-electron chi connectivity index (χ1n) is 10.4. The predicted octanol–water partition coefficient (Wildman–Crippen LogP) is -0.353.